The van der Waals surface area contributed by atoms with Gasteiger partial charge in [-0.2, -0.15) is 0 Å². The molecule has 0 unspecified atom stereocenters. The van der Waals surface area contributed by atoms with Crippen molar-refractivity contribution in [3.63, 3.8) is 0 Å². The first-order valence-corrected chi connectivity index (χ1v) is 8.95. The quantitative estimate of drug-likeness (QED) is 0.437. The summed E-state index contributed by atoms with van der Waals surface area (Å²) >= 11 is 0. The van der Waals surface area contributed by atoms with E-state index in [1.165, 1.54) is 14.0 Å². The normalized spacial score (nSPS) is 14.0. The Kier molecular flexibility index (Phi) is 5.96. The summed E-state index contributed by atoms with van der Waals surface area (Å²) in [6, 6.07) is 0. The maximum atomic E-state index is 11.5. The van der Waals surface area contributed by atoms with E-state index in [1.54, 1.807) is 6.92 Å². The molecule has 0 heterocycles. The smallest absolute Gasteiger partial charge is 0.348 e. The molecule has 96 valence electrons. The number of carbonyl (C=O) groups excluding carboxylic acids is 2. The van der Waals surface area contributed by atoms with Crippen molar-refractivity contribution < 1.29 is 19.1 Å². The summed E-state index contributed by atoms with van der Waals surface area (Å²) < 4.78 is 9.52. The van der Waals surface area contributed by atoms with Crippen LogP contribution in [-0.4, -0.2) is 33.2 Å². The second-order valence-corrected chi connectivity index (χ2v) is 9.61. The molecule has 2 atom stereocenters. The molecule has 0 aromatic carbocycles. The van der Waals surface area contributed by atoms with Crippen LogP contribution in [0.25, 0.3) is 0 Å². The first-order chi connectivity index (χ1) is 7.67. The number of esters is 2. The highest BCUT2D eigenvalue weighted by atomic mass is 28.3. The zero-order valence-electron chi connectivity index (χ0n) is 11.3. The summed E-state index contributed by atoms with van der Waals surface area (Å²) in [7, 11) is -0.243. The van der Waals surface area contributed by atoms with E-state index in [-0.39, 0.29) is 5.92 Å². The highest BCUT2D eigenvalue weighted by Gasteiger charge is 2.28. The molecule has 0 aliphatic carbocycles. The molecule has 0 radical (unpaired) electrons. The summed E-state index contributed by atoms with van der Waals surface area (Å²) in [6.45, 7) is 9.31. The maximum Gasteiger partial charge on any atom is 0.348 e. The van der Waals surface area contributed by atoms with Gasteiger partial charge in [-0.3, -0.25) is 4.79 Å². The minimum Gasteiger partial charge on any atom is -0.466 e. The van der Waals surface area contributed by atoms with Crippen molar-refractivity contribution in [2.75, 3.05) is 7.11 Å². The lowest BCUT2D eigenvalue weighted by molar-refractivity contribution is -0.166. The van der Waals surface area contributed by atoms with Gasteiger partial charge in [0.25, 0.3) is 0 Å². The number of methoxy groups -OCH3 is 1. The van der Waals surface area contributed by atoms with Crippen LogP contribution in [0.3, 0.4) is 0 Å². The second-order valence-electron chi connectivity index (χ2n) is 4.86. The third-order valence-corrected chi connectivity index (χ3v) is 2.75. The molecule has 0 amide bonds. The van der Waals surface area contributed by atoms with Crippen molar-refractivity contribution in [1.29, 1.82) is 0 Å². The van der Waals surface area contributed by atoms with Gasteiger partial charge in [-0.15, -0.1) is 11.5 Å². The van der Waals surface area contributed by atoms with Crippen LogP contribution in [0, 0.1) is 17.4 Å². The van der Waals surface area contributed by atoms with Crippen molar-refractivity contribution >= 4 is 20.0 Å². The van der Waals surface area contributed by atoms with Gasteiger partial charge < -0.3 is 9.47 Å². The fourth-order valence-electron chi connectivity index (χ4n) is 1.06. The summed E-state index contributed by atoms with van der Waals surface area (Å²) in [5.41, 5.74) is 3.14. The molecule has 0 saturated carbocycles. The minimum atomic E-state index is -1.50. The standard InChI is InChI=1S/C12H20O4Si/c1-9(7-8-17(4,5)6)11(12(14)15-3)16-10(2)13/h9,11H,1-6H3/t9-,11+/m1/s1. The monoisotopic (exact) mass is 256 g/mol. The molecule has 0 fully saturated rings. The number of hydrogen-bond acceptors (Lipinski definition) is 4. The summed E-state index contributed by atoms with van der Waals surface area (Å²) in [5, 5.41) is 0. The Morgan fingerprint density at radius 3 is 2.12 bits per heavy atom. The van der Waals surface area contributed by atoms with E-state index >= 15 is 0 Å². The third-order valence-electron chi connectivity index (χ3n) is 1.86. The summed E-state index contributed by atoms with van der Waals surface area (Å²) in [4.78, 5) is 22.4. The van der Waals surface area contributed by atoms with Gasteiger partial charge in [0.1, 0.15) is 8.07 Å². The molecule has 4 nitrogen and oxygen atoms in total. The Labute approximate surface area is 104 Å². The third kappa shape index (κ3) is 6.79. The van der Waals surface area contributed by atoms with E-state index in [0.29, 0.717) is 0 Å². The highest BCUT2D eigenvalue weighted by Crippen LogP contribution is 2.10. The molecule has 0 bridgehead atoms. The van der Waals surface area contributed by atoms with Gasteiger partial charge in [-0.1, -0.05) is 19.6 Å². The summed E-state index contributed by atoms with van der Waals surface area (Å²) in [6.07, 6.45) is -0.943. The molecule has 0 N–H and O–H groups in total. The van der Waals surface area contributed by atoms with Gasteiger partial charge >= 0.3 is 11.9 Å². The summed E-state index contributed by atoms with van der Waals surface area (Å²) in [5.74, 6) is 1.53. The van der Waals surface area contributed by atoms with Crippen molar-refractivity contribution in [3.05, 3.63) is 0 Å². The Morgan fingerprint density at radius 1 is 1.24 bits per heavy atom. The first-order valence-electron chi connectivity index (χ1n) is 5.45. The highest BCUT2D eigenvalue weighted by molar-refractivity contribution is 6.83. The largest absolute Gasteiger partial charge is 0.466 e. The van der Waals surface area contributed by atoms with Crippen molar-refractivity contribution in [3.8, 4) is 11.5 Å². The van der Waals surface area contributed by atoms with Crippen LogP contribution in [-0.2, 0) is 19.1 Å². The van der Waals surface area contributed by atoms with Crippen LogP contribution in [0.2, 0.25) is 19.6 Å². The van der Waals surface area contributed by atoms with Crippen LogP contribution in [0.15, 0.2) is 0 Å². The van der Waals surface area contributed by atoms with E-state index in [4.69, 9.17) is 4.74 Å². The fourth-order valence-corrected chi connectivity index (χ4v) is 1.72. The molecule has 0 aromatic rings. The lowest BCUT2D eigenvalue weighted by Crippen LogP contribution is -2.33. The van der Waals surface area contributed by atoms with Crippen molar-refractivity contribution in [2.45, 2.75) is 39.6 Å². The minimum absolute atomic E-state index is 0.363. The molecule has 0 aliphatic rings. The van der Waals surface area contributed by atoms with Crippen LogP contribution in [0.1, 0.15) is 13.8 Å². The molecule has 0 aliphatic heterocycles. The Bertz CT molecular complexity index is 346. The topological polar surface area (TPSA) is 52.6 Å². The van der Waals surface area contributed by atoms with Crippen LogP contribution >= 0.6 is 0 Å². The Hall–Kier alpha value is -1.28. The van der Waals surface area contributed by atoms with Crippen molar-refractivity contribution in [1.82, 2.24) is 0 Å². The zero-order valence-corrected chi connectivity index (χ0v) is 12.3. The van der Waals surface area contributed by atoms with Gasteiger partial charge in [0, 0.05) is 6.92 Å². The van der Waals surface area contributed by atoms with E-state index in [1.807, 2.05) is 0 Å². The average molecular weight is 256 g/mol. The van der Waals surface area contributed by atoms with E-state index in [9.17, 15) is 9.59 Å². The van der Waals surface area contributed by atoms with E-state index in [2.05, 4.69) is 35.8 Å². The molecular formula is C12H20O4Si. The number of ether oxygens (including phenoxy) is 2. The van der Waals surface area contributed by atoms with E-state index < -0.39 is 26.1 Å². The average Bonchev–Trinajstić information content (AvgIpc) is 2.20. The zero-order chi connectivity index (χ0) is 13.6. The van der Waals surface area contributed by atoms with Crippen LogP contribution in [0.5, 0.6) is 0 Å². The predicted molar refractivity (Wildman–Crippen MR) is 67.9 cm³/mol. The van der Waals surface area contributed by atoms with Gasteiger partial charge in [0.05, 0.1) is 13.0 Å². The second kappa shape index (κ2) is 6.45. The Balaban J connectivity index is 4.85. The van der Waals surface area contributed by atoms with Crippen molar-refractivity contribution in [2.24, 2.45) is 5.92 Å². The van der Waals surface area contributed by atoms with Gasteiger partial charge in [-0.05, 0) is 6.92 Å². The molecule has 0 saturated heterocycles. The molecule has 5 heteroatoms. The van der Waals surface area contributed by atoms with Gasteiger partial charge in [-0.25, -0.2) is 4.79 Å². The molecule has 17 heavy (non-hydrogen) atoms. The predicted octanol–water partition coefficient (Wildman–Crippen LogP) is 1.61. The maximum absolute atomic E-state index is 11.5. The van der Waals surface area contributed by atoms with Crippen LogP contribution in [0.4, 0.5) is 0 Å². The first kappa shape index (κ1) is 15.7. The number of rotatable bonds is 3. The lowest BCUT2D eigenvalue weighted by Gasteiger charge is -2.17. The number of carbonyl (C=O) groups is 2. The van der Waals surface area contributed by atoms with Gasteiger partial charge in [0.2, 0.25) is 6.10 Å². The van der Waals surface area contributed by atoms with Gasteiger partial charge in [0.15, 0.2) is 0 Å². The Morgan fingerprint density at radius 2 is 1.76 bits per heavy atom. The SMILES string of the molecule is COC(=O)[C@@H](OC(C)=O)[C@H](C)C#C[Si](C)(C)C. The molecule has 0 rings (SSSR count). The number of hydrogen-bond donors (Lipinski definition) is 0. The molecule has 0 spiro atoms. The van der Waals surface area contributed by atoms with Crippen LogP contribution < -0.4 is 0 Å². The molecule has 0 aromatic heterocycles. The fraction of sp³-hybridized carbons (Fsp3) is 0.667. The van der Waals surface area contributed by atoms with E-state index in [0.717, 1.165) is 0 Å². The lowest BCUT2D eigenvalue weighted by atomic mass is 10.1. The molecular weight excluding hydrogens is 236 g/mol.